The van der Waals surface area contributed by atoms with Gasteiger partial charge in [-0.1, -0.05) is 50.7 Å². The highest BCUT2D eigenvalue weighted by Crippen LogP contribution is 2.29. The maximum Gasteiger partial charge on any atom is 0.265 e. The number of ether oxygens (including phenoxy) is 1. The Morgan fingerprint density at radius 2 is 1.86 bits per heavy atom. The average molecular weight is 424 g/mol. The van der Waals surface area contributed by atoms with Crippen molar-refractivity contribution in [1.29, 1.82) is 0 Å². The third-order valence-corrected chi connectivity index (χ3v) is 4.09. The first-order valence-corrected chi connectivity index (χ1v) is 8.17. The number of rotatable bonds is 4. The van der Waals surface area contributed by atoms with Crippen molar-refractivity contribution in [3.63, 3.8) is 0 Å². The van der Waals surface area contributed by atoms with E-state index in [4.69, 9.17) is 39.5 Å². The van der Waals surface area contributed by atoms with E-state index in [0.717, 1.165) is 4.47 Å². The van der Waals surface area contributed by atoms with Crippen LogP contribution in [0.4, 0.5) is 5.69 Å². The molecule has 1 N–H and O–H groups in total. The van der Waals surface area contributed by atoms with Crippen LogP contribution in [0.25, 0.3) is 0 Å². The fraction of sp³-hybridized carbons (Fsp3) is 0.133. The van der Waals surface area contributed by atoms with Crippen molar-refractivity contribution in [2.45, 2.75) is 13.0 Å². The van der Waals surface area contributed by atoms with Crippen LogP contribution in [-0.2, 0) is 4.79 Å². The third kappa shape index (κ3) is 4.53. The quantitative estimate of drug-likeness (QED) is 0.673. The second kappa shape index (κ2) is 7.55. The summed E-state index contributed by atoms with van der Waals surface area (Å²) in [7, 11) is 0. The molecule has 0 aliphatic carbocycles. The molecule has 0 fully saturated rings. The molecule has 3 nitrogen and oxygen atoms in total. The van der Waals surface area contributed by atoms with Crippen LogP contribution in [-0.4, -0.2) is 12.0 Å². The monoisotopic (exact) mass is 421 g/mol. The van der Waals surface area contributed by atoms with Crippen molar-refractivity contribution in [3.05, 3.63) is 55.9 Å². The molecule has 1 atom stereocenters. The summed E-state index contributed by atoms with van der Waals surface area (Å²) in [6.07, 6.45) is -0.751. The molecule has 0 spiro atoms. The minimum atomic E-state index is -0.751. The van der Waals surface area contributed by atoms with Crippen molar-refractivity contribution < 1.29 is 9.53 Å². The maximum atomic E-state index is 12.2. The van der Waals surface area contributed by atoms with Crippen molar-refractivity contribution in [2.75, 3.05) is 5.32 Å². The Hall–Kier alpha value is -0.940. The zero-order valence-electron chi connectivity index (χ0n) is 11.4. The molecule has 0 saturated carbocycles. The Bertz CT molecular complexity index is 709. The summed E-state index contributed by atoms with van der Waals surface area (Å²) < 4.78 is 6.37. The molecule has 0 saturated heterocycles. The molecule has 0 aromatic heterocycles. The van der Waals surface area contributed by atoms with Gasteiger partial charge in [0.25, 0.3) is 5.91 Å². The lowest BCUT2D eigenvalue weighted by molar-refractivity contribution is -0.122. The summed E-state index contributed by atoms with van der Waals surface area (Å²) in [6, 6.07) is 9.98. The van der Waals surface area contributed by atoms with Gasteiger partial charge in [-0.15, -0.1) is 0 Å². The van der Waals surface area contributed by atoms with E-state index in [-0.39, 0.29) is 5.91 Å². The zero-order chi connectivity index (χ0) is 16.3. The van der Waals surface area contributed by atoms with Crippen molar-refractivity contribution >= 4 is 62.3 Å². The van der Waals surface area contributed by atoms with Crippen molar-refractivity contribution in [1.82, 2.24) is 0 Å². The molecule has 22 heavy (non-hydrogen) atoms. The van der Waals surface area contributed by atoms with E-state index in [9.17, 15) is 4.79 Å². The number of hydrogen-bond acceptors (Lipinski definition) is 2. The van der Waals surface area contributed by atoms with E-state index in [2.05, 4.69) is 21.2 Å². The Balaban J connectivity index is 2.05. The molecule has 0 heterocycles. The zero-order valence-corrected chi connectivity index (χ0v) is 15.2. The molecule has 0 aliphatic rings. The van der Waals surface area contributed by atoms with Gasteiger partial charge in [-0.05, 0) is 43.3 Å². The summed E-state index contributed by atoms with van der Waals surface area (Å²) in [5.41, 5.74) is 0.507. The molecule has 0 aliphatic heterocycles. The van der Waals surface area contributed by atoms with Crippen LogP contribution in [0.5, 0.6) is 5.75 Å². The molecule has 0 bridgehead atoms. The van der Waals surface area contributed by atoms with Gasteiger partial charge in [0.1, 0.15) is 5.75 Å². The minimum Gasteiger partial charge on any atom is -0.479 e. The highest BCUT2D eigenvalue weighted by Gasteiger charge is 2.17. The number of carbonyl (C=O) groups is 1. The predicted molar refractivity (Wildman–Crippen MR) is 94.3 cm³/mol. The van der Waals surface area contributed by atoms with Gasteiger partial charge in [0, 0.05) is 9.50 Å². The summed E-state index contributed by atoms with van der Waals surface area (Å²) >= 11 is 21.2. The standard InChI is InChI=1S/C15H11BrCl3NO2/c1-8(22-14-5-3-10(17)7-12(14)19)15(21)20-13-4-2-9(16)6-11(13)18/h2-8H,1H3,(H,20,21). The van der Waals surface area contributed by atoms with E-state index in [1.54, 1.807) is 43.3 Å². The summed E-state index contributed by atoms with van der Waals surface area (Å²) in [6.45, 7) is 1.62. The van der Waals surface area contributed by atoms with Crippen molar-refractivity contribution in [3.8, 4) is 5.75 Å². The van der Waals surface area contributed by atoms with Gasteiger partial charge in [-0.3, -0.25) is 4.79 Å². The number of benzene rings is 2. The minimum absolute atomic E-state index is 0.338. The summed E-state index contributed by atoms with van der Waals surface area (Å²) in [5.74, 6) is 0.0471. The number of nitrogens with one attached hydrogen (secondary N) is 1. The molecule has 7 heteroatoms. The SMILES string of the molecule is CC(Oc1ccc(Cl)cc1Cl)C(=O)Nc1ccc(Br)cc1Cl. The van der Waals surface area contributed by atoms with Crippen LogP contribution in [0, 0.1) is 0 Å². The Morgan fingerprint density at radius 3 is 2.50 bits per heavy atom. The molecule has 116 valence electrons. The summed E-state index contributed by atoms with van der Waals surface area (Å²) in [5, 5.41) is 3.97. The van der Waals surface area contributed by atoms with Gasteiger partial charge < -0.3 is 10.1 Å². The number of anilines is 1. The van der Waals surface area contributed by atoms with Gasteiger partial charge in [-0.25, -0.2) is 0 Å². The second-order valence-corrected chi connectivity index (χ2v) is 6.61. The first kappa shape index (κ1) is 17.4. The Morgan fingerprint density at radius 1 is 1.14 bits per heavy atom. The fourth-order valence-electron chi connectivity index (χ4n) is 1.64. The van der Waals surface area contributed by atoms with Crippen LogP contribution in [0.15, 0.2) is 40.9 Å². The van der Waals surface area contributed by atoms with Gasteiger partial charge in [0.15, 0.2) is 6.10 Å². The molecule has 1 amide bonds. The smallest absolute Gasteiger partial charge is 0.265 e. The van der Waals surface area contributed by atoms with E-state index in [1.807, 2.05) is 0 Å². The summed E-state index contributed by atoms with van der Waals surface area (Å²) in [4.78, 5) is 12.2. The molecular formula is C15H11BrCl3NO2. The molecule has 2 aromatic carbocycles. The van der Waals surface area contributed by atoms with Gasteiger partial charge in [-0.2, -0.15) is 0 Å². The van der Waals surface area contributed by atoms with Crippen molar-refractivity contribution in [2.24, 2.45) is 0 Å². The molecule has 2 rings (SSSR count). The molecular weight excluding hydrogens is 412 g/mol. The highest BCUT2D eigenvalue weighted by molar-refractivity contribution is 9.10. The largest absolute Gasteiger partial charge is 0.479 e. The fourth-order valence-corrected chi connectivity index (χ4v) is 2.81. The lowest BCUT2D eigenvalue weighted by Gasteiger charge is -2.16. The maximum absolute atomic E-state index is 12.2. The van der Waals surface area contributed by atoms with Crippen LogP contribution in [0.1, 0.15) is 6.92 Å². The lowest BCUT2D eigenvalue weighted by atomic mass is 10.3. The average Bonchev–Trinajstić information content (AvgIpc) is 2.44. The number of carbonyl (C=O) groups excluding carboxylic acids is 1. The van der Waals surface area contributed by atoms with Gasteiger partial charge in [0.2, 0.25) is 0 Å². The van der Waals surface area contributed by atoms with Crippen LogP contribution >= 0.6 is 50.7 Å². The number of amides is 1. The van der Waals surface area contributed by atoms with E-state index in [0.29, 0.717) is 26.5 Å². The third-order valence-electron chi connectivity index (χ3n) is 2.76. The highest BCUT2D eigenvalue weighted by atomic mass is 79.9. The normalized spacial score (nSPS) is 11.9. The Labute approximate surface area is 151 Å². The predicted octanol–water partition coefficient (Wildman–Crippen LogP) is 5.82. The van der Waals surface area contributed by atoms with E-state index >= 15 is 0 Å². The van der Waals surface area contributed by atoms with Gasteiger partial charge in [0.05, 0.1) is 15.7 Å². The number of halogens is 4. The molecule has 2 aromatic rings. The van der Waals surface area contributed by atoms with Crippen LogP contribution in [0.2, 0.25) is 15.1 Å². The first-order valence-electron chi connectivity index (χ1n) is 6.24. The lowest BCUT2D eigenvalue weighted by Crippen LogP contribution is -2.30. The number of hydrogen-bond donors (Lipinski definition) is 1. The second-order valence-electron chi connectivity index (χ2n) is 4.45. The topological polar surface area (TPSA) is 38.3 Å². The van der Waals surface area contributed by atoms with Crippen LogP contribution < -0.4 is 10.1 Å². The van der Waals surface area contributed by atoms with Crippen LogP contribution in [0.3, 0.4) is 0 Å². The molecule has 1 unspecified atom stereocenters. The molecule has 0 radical (unpaired) electrons. The first-order chi connectivity index (χ1) is 10.4. The van der Waals surface area contributed by atoms with Gasteiger partial charge >= 0.3 is 0 Å². The Kier molecular flexibility index (Phi) is 5.98. The van der Waals surface area contributed by atoms with E-state index in [1.165, 1.54) is 0 Å². The van der Waals surface area contributed by atoms with E-state index < -0.39 is 6.10 Å².